The van der Waals surface area contributed by atoms with Gasteiger partial charge in [-0.3, -0.25) is 0 Å². The minimum atomic E-state index is -4.64. The molecule has 0 fully saturated rings. The second-order valence-corrected chi connectivity index (χ2v) is 4.11. The molecule has 6 heteroatoms. The molecule has 21 heavy (non-hydrogen) atoms. The van der Waals surface area contributed by atoms with Crippen LogP contribution in [0.15, 0.2) is 48.5 Å². The summed E-state index contributed by atoms with van der Waals surface area (Å²) in [6, 6.07) is 11.5. The van der Waals surface area contributed by atoms with E-state index < -0.39 is 23.3 Å². The van der Waals surface area contributed by atoms with Gasteiger partial charge >= 0.3 is 12.1 Å². The van der Waals surface area contributed by atoms with E-state index in [1.54, 1.807) is 30.3 Å². The highest BCUT2D eigenvalue weighted by atomic mass is 19.4. The number of methoxy groups -OCH3 is 1. The van der Waals surface area contributed by atoms with Crippen LogP contribution in [0.3, 0.4) is 0 Å². The molecule has 2 aromatic rings. The van der Waals surface area contributed by atoms with Crippen LogP contribution in [0.5, 0.6) is 11.5 Å². The third kappa shape index (κ3) is 3.53. The van der Waals surface area contributed by atoms with Gasteiger partial charge in [0, 0.05) is 0 Å². The number of alkyl halides is 3. The van der Waals surface area contributed by atoms with Gasteiger partial charge in [-0.15, -0.1) is 0 Å². The van der Waals surface area contributed by atoms with Crippen LogP contribution >= 0.6 is 0 Å². The molecule has 0 saturated heterocycles. The Balaban J connectivity index is 2.40. The van der Waals surface area contributed by atoms with E-state index in [0.29, 0.717) is 5.75 Å². The normalized spacial score (nSPS) is 11.0. The molecule has 0 saturated carbocycles. The summed E-state index contributed by atoms with van der Waals surface area (Å²) >= 11 is 0. The quantitative estimate of drug-likeness (QED) is 0.793. The molecule has 0 bridgehead atoms. The van der Waals surface area contributed by atoms with Gasteiger partial charge in [-0.1, -0.05) is 18.2 Å². The summed E-state index contributed by atoms with van der Waals surface area (Å²) in [6.07, 6.45) is -4.64. The summed E-state index contributed by atoms with van der Waals surface area (Å²) in [7, 11) is 1.02. The molecule has 3 nitrogen and oxygen atoms in total. The van der Waals surface area contributed by atoms with Crippen molar-refractivity contribution in [3.8, 4) is 11.5 Å². The van der Waals surface area contributed by atoms with E-state index >= 15 is 0 Å². The van der Waals surface area contributed by atoms with Gasteiger partial charge in [0.2, 0.25) is 0 Å². The molecule has 0 radical (unpaired) electrons. The van der Waals surface area contributed by atoms with Gasteiger partial charge in [-0.05, 0) is 30.3 Å². The van der Waals surface area contributed by atoms with Crippen molar-refractivity contribution in [2.24, 2.45) is 0 Å². The van der Waals surface area contributed by atoms with E-state index in [-0.39, 0.29) is 5.75 Å². The first kappa shape index (κ1) is 14.9. The smallest absolute Gasteiger partial charge is 0.417 e. The maximum absolute atomic E-state index is 12.9. The third-order valence-corrected chi connectivity index (χ3v) is 2.68. The lowest BCUT2D eigenvalue weighted by Crippen LogP contribution is -2.14. The predicted octanol–water partition coefficient (Wildman–Crippen LogP) is 4.28. The maximum Gasteiger partial charge on any atom is 0.417 e. The standard InChI is InChI=1S/C15H11F3O3/c1-20-14(19)12-9-11(7-8-13(12)15(16,17)18)21-10-5-3-2-4-6-10/h2-9H,1H3. The zero-order valence-corrected chi connectivity index (χ0v) is 11.0. The monoisotopic (exact) mass is 296 g/mol. The number of esters is 1. The van der Waals surface area contributed by atoms with Crippen LogP contribution in [0, 0.1) is 0 Å². The predicted molar refractivity (Wildman–Crippen MR) is 69.3 cm³/mol. The van der Waals surface area contributed by atoms with Crippen molar-refractivity contribution >= 4 is 5.97 Å². The Kier molecular flexibility index (Phi) is 4.16. The number of hydrogen-bond acceptors (Lipinski definition) is 3. The van der Waals surface area contributed by atoms with E-state index in [4.69, 9.17) is 4.74 Å². The van der Waals surface area contributed by atoms with Gasteiger partial charge < -0.3 is 9.47 Å². The Morgan fingerprint density at radius 2 is 1.67 bits per heavy atom. The Bertz CT molecular complexity index is 636. The number of carbonyl (C=O) groups excluding carboxylic acids is 1. The molecule has 0 aliphatic carbocycles. The van der Waals surface area contributed by atoms with E-state index in [1.165, 1.54) is 0 Å². The first-order chi connectivity index (χ1) is 9.91. The zero-order valence-electron chi connectivity index (χ0n) is 11.0. The third-order valence-electron chi connectivity index (χ3n) is 2.68. The zero-order chi connectivity index (χ0) is 15.5. The second-order valence-electron chi connectivity index (χ2n) is 4.11. The van der Waals surface area contributed by atoms with Crippen molar-refractivity contribution in [3.63, 3.8) is 0 Å². The molecule has 0 aliphatic rings. The molecule has 0 atom stereocenters. The average molecular weight is 296 g/mol. The highest BCUT2D eigenvalue weighted by Gasteiger charge is 2.35. The minimum Gasteiger partial charge on any atom is -0.465 e. The van der Waals surface area contributed by atoms with Gasteiger partial charge in [0.15, 0.2) is 0 Å². The molecule has 2 aromatic carbocycles. The number of benzene rings is 2. The Labute approximate surface area is 118 Å². The van der Waals surface area contributed by atoms with Crippen molar-refractivity contribution in [2.75, 3.05) is 7.11 Å². The van der Waals surface area contributed by atoms with Crippen LogP contribution in [-0.4, -0.2) is 13.1 Å². The van der Waals surface area contributed by atoms with Crippen LogP contribution < -0.4 is 4.74 Å². The molecular weight excluding hydrogens is 285 g/mol. The van der Waals surface area contributed by atoms with Crippen LogP contribution in [-0.2, 0) is 10.9 Å². The number of halogens is 3. The molecule has 0 heterocycles. The number of carbonyl (C=O) groups is 1. The van der Waals surface area contributed by atoms with Crippen molar-refractivity contribution in [2.45, 2.75) is 6.18 Å². The fraction of sp³-hybridized carbons (Fsp3) is 0.133. The van der Waals surface area contributed by atoms with Gasteiger partial charge in [0.05, 0.1) is 18.2 Å². The Hall–Kier alpha value is -2.50. The van der Waals surface area contributed by atoms with Gasteiger partial charge in [0.1, 0.15) is 11.5 Å². The molecule has 0 unspecified atom stereocenters. The van der Waals surface area contributed by atoms with Crippen molar-refractivity contribution < 1.29 is 27.4 Å². The Morgan fingerprint density at radius 1 is 1.00 bits per heavy atom. The molecule has 2 rings (SSSR count). The summed E-state index contributed by atoms with van der Waals surface area (Å²) < 4.78 is 48.4. The van der Waals surface area contributed by atoms with Gasteiger partial charge in [-0.2, -0.15) is 13.2 Å². The van der Waals surface area contributed by atoms with E-state index in [9.17, 15) is 18.0 Å². The lowest BCUT2D eigenvalue weighted by Gasteiger charge is -2.13. The largest absolute Gasteiger partial charge is 0.465 e. The highest BCUT2D eigenvalue weighted by molar-refractivity contribution is 5.91. The molecule has 0 spiro atoms. The highest BCUT2D eigenvalue weighted by Crippen LogP contribution is 2.35. The van der Waals surface area contributed by atoms with Crippen molar-refractivity contribution in [1.82, 2.24) is 0 Å². The van der Waals surface area contributed by atoms with Crippen LogP contribution in [0.4, 0.5) is 13.2 Å². The summed E-state index contributed by atoms with van der Waals surface area (Å²) in [4.78, 5) is 11.5. The summed E-state index contributed by atoms with van der Waals surface area (Å²) in [6.45, 7) is 0. The number of rotatable bonds is 3. The lowest BCUT2D eigenvalue weighted by molar-refractivity contribution is -0.138. The Morgan fingerprint density at radius 3 is 2.24 bits per heavy atom. The maximum atomic E-state index is 12.9. The SMILES string of the molecule is COC(=O)c1cc(Oc2ccccc2)ccc1C(F)(F)F. The summed E-state index contributed by atoms with van der Waals surface area (Å²) in [5.41, 5.74) is -1.65. The molecule has 110 valence electrons. The fourth-order valence-corrected chi connectivity index (χ4v) is 1.74. The number of para-hydroxylation sites is 1. The van der Waals surface area contributed by atoms with Crippen molar-refractivity contribution in [3.05, 3.63) is 59.7 Å². The van der Waals surface area contributed by atoms with Crippen LogP contribution in [0.2, 0.25) is 0 Å². The van der Waals surface area contributed by atoms with Crippen LogP contribution in [0.1, 0.15) is 15.9 Å². The molecule has 0 amide bonds. The average Bonchev–Trinajstić information content (AvgIpc) is 2.46. The molecule has 0 N–H and O–H groups in total. The first-order valence-electron chi connectivity index (χ1n) is 5.94. The van der Waals surface area contributed by atoms with E-state index in [1.807, 2.05) is 0 Å². The van der Waals surface area contributed by atoms with Crippen molar-refractivity contribution in [1.29, 1.82) is 0 Å². The fourth-order valence-electron chi connectivity index (χ4n) is 1.74. The van der Waals surface area contributed by atoms with E-state index in [2.05, 4.69) is 4.74 Å². The van der Waals surface area contributed by atoms with E-state index in [0.717, 1.165) is 25.3 Å². The summed E-state index contributed by atoms with van der Waals surface area (Å²) in [5, 5.41) is 0. The minimum absolute atomic E-state index is 0.120. The summed E-state index contributed by atoms with van der Waals surface area (Å²) in [5.74, 6) is -0.497. The van der Waals surface area contributed by atoms with Crippen LogP contribution in [0.25, 0.3) is 0 Å². The van der Waals surface area contributed by atoms with Gasteiger partial charge in [0.25, 0.3) is 0 Å². The lowest BCUT2D eigenvalue weighted by atomic mass is 10.1. The molecule has 0 aromatic heterocycles. The van der Waals surface area contributed by atoms with Gasteiger partial charge in [-0.25, -0.2) is 4.79 Å². The molecular formula is C15H11F3O3. The topological polar surface area (TPSA) is 35.5 Å². The molecule has 0 aliphatic heterocycles. The second kappa shape index (κ2) is 5.87. The first-order valence-corrected chi connectivity index (χ1v) is 5.94. The number of hydrogen-bond donors (Lipinski definition) is 0. The number of ether oxygens (including phenoxy) is 2.